The molecule has 1 unspecified atom stereocenters. The van der Waals surface area contributed by atoms with Crippen LogP contribution in [0.15, 0.2) is 29.3 Å². The van der Waals surface area contributed by atoms with Crippen molar-refractivity contribution in [1.82, 2.24) is 10.6 Å². The molecular weight excluding hydrogens is 514 g/mol. The number of alkyl halides is 3. The summed E-state index contributed by atoms with van der Waals surface area (Å²) in [6.07, 6.45) is -1.85. The summed E-state index contributed by atoms with van der Waals surface area (Å²) in [6.45, 7) is 4.92. The van der Waals surface area contributed by atoms with E-state index in [-0.39, 0.29) is 42.9 Å². The van der Waals surface area contributed by atoms with E-state index in [1.165, 1.54) is 25.0 Å². The number of aliphatic hydroxyl groups is 1. The zero-order chi connectivity index (χ0) is 21.1. The molecule has 0 amide bonds. The van der Waals surface area contributed by atoms with Gasteiger partial charge in [-0.1, -0.05) is 0 Å². The maximum absolute atomic E-state index is 12.5. The Morgan fingerprint density at radius 3 is 2.53 bits per heavy atom. The topological polar surface area (TPSA) is 75.1 Å². The summed E-state index contributed by atoms with van der Waals surface area (Å²) in [5.41, 5.74) is -0.741. The molecule has 10 heteroatoms. The molecule has 1 aliphatic rings. The summed E-state index contributed by atoms with van der Waals surface area (Å²) in [5, 5.41) is 16.3. The van der Waals surface area contributed by atoms with E-state index in [1.807, 2.05) is 6.92 Å². The van der Waals surface area contributed by atoms with Gasteiger partial charge in [0, 0.05) is 26.3 Å². The molecule has 1 fully saturated rings. The van der Waals surface area contributed by atoms with Gasteiger partial charge in [0.25, 0.3) is 0 Å². The number of rotatable bonds is 12. The molecule has 0 aromatic heterocycles. The van der Waals surface area contributed by atoms with Crippen LogP contribution in [0.3, 0.4) is 0 Å². The molecule has 2 rings (SSSR count). The van der Waals surface area contributed by atoms with Crippen LogP contribution >= 0.6 is 24.0 Å². The lowest BCUT2D eigenvalue weighted by atomic mass is 10.2. The second-order valence-electron chi connectivity index (χ2n) is 7.01. The summed E-state index contributed by atoms with van der Waals surface area (Å²) in [7, 11) is 0. The number of hydrogen-bond donors (Lipinski definition) is 3. The maximum Gasteiger partial charge on any atom is 0.416 e. The van der Waals surface area contributed by atoms with Gasteiger partial charge in [0.2, 0.25) is 0 Å². The Bertz CT molecular complexity index is 626. The van der Waals surface area contributed by atoms with Gasteiger partial charge >= 0.3 is 6.18 Å². The van der Waals surface area contributed by atoms with Crippen molar-refractivity contribution in [2.24, 2.45) is 10.9 Å². The average molecular weight is 545 g/mol. The van der Waals surface area contributed by atoms with Gasteiger partial charge in [-0.3, -0.25) is 4.99 Å². The molecule has 6 nitrogen and oxygen atoms in total. The second-order valence-corrected chi connectivity index (χ2v) is 7.01. The Kier molecular flexibility index (Phi) is 12.4. The van der Waals surface area contributed by atoms with Gasteiger partial charge in [-0.05, 0) is 56.4 Å². The Labute approximate surface area is 192 Å². The minimum Gasteiger partial charge on any atom is -0.491 e. The van der Waals surface area contributed by atoms with Gasteiger partial charge in [-0.15, -0.1) is 24.0 Å². The van der Waals surface area contributed by atoms with E-state index in [0.717, 1.165) is 31.1 Å². The zero-order valence-electron chi connectivity index (χ0n) is 17.1. The Morgan fingerprint density at radius 2 is 1.93 bits per heavy atom. The molecule has 1 atom stereocenters. The highest BCUT2D eigenvalue weighted by molar-refractivity contribution is 14.0. The molecule has 172 valence electrons. The molecule has 3 N–H and O–H groups in total. The number of aliphatic hydroxyl groups excluding tert-OH is 1. The summed E-state index contributed by atoms with van der Waals surface area (Å²) in [6, 6.07) is 4.36. The van der Waals surface area contributed by atoms with Gasteiger partial charge in [0.05, 0.1) is 12.1 Å². The summed E-state index contributed by atoms with van der Waals surface area (Å²) >= 11 is 0. The Hall–Kier alpha value is -1.27. The standard InChI is InChI=1S/C20H30F3N3O3.HI/c1-2-24-19(25-10-3-11-28-13-15-4-5-15)26-12-17(27)14-29-18-8-6-16(7-9-18)20(21,22)23;/h6-9,15,17,27H,2-5,10-14H2,1H3,(H2,24,25,26);1H. The van der Waals surface area contributed by atoms with Gasteiger partial charge in [-0.2, -0.15) is 13.2 Å². The third-order valence-electron chi connectivity index (χ3n) is 4.24. The van der Waals surface area contributed by atoms with Crippen molar-refractivity contribution in [2.45, 2.75) is 38.5 Å². The summed E-state index contributed by atoms with van der Waals surface area (Å²) in [4.78, 5) is 4.30. The molecule has 0 spiro atoms. The molecule has 30 heavy (non-hydrogen) atoms. The number of ether oxygens (including phenoxy) is 2. The van der Waals surface area contributed by atoms with E-state index in [4.69, 9.17) is 9.47 Å². The van der Waals surface area contributed by atoms with E-state index >= 15 is 0 Å². The third kappa shape index (κ3) is 11.2. The highest BCUT2D eigenvalue weighted by Crippen LogP contribution is 2.30. The van der Waals surface area contributed by atoms with Crippen molar-refractivity contribution in [1.29, 1.82) is 0 Å². The fourth-order valence-electron chi connectivity index (χ4n) is 2.44. The van der Waals surface area contributed by atoms with Crippen molar-refractivity contribution in [3.63, 3.8) is 0 Å². The first-order valence-electron chi connectivity index (χ1n) is 9.96. The second kappa shape index (κ2) is 13.9. The summed E-state index contributed by atoms with van der Waals surface area (Å²) in [5.74, 6) is 1.61. The molecule has 0 radical (unpaired) electrons. The third-order valence-corrected chi connectivity index (χ3v) is 4.24. The van der Waals surface area contributed by atoms with Crippen LogP contribution in [-0.2, 0) is 10.9 Å². The van der Waals surface area contributed by atoms with E-state index < -0.39 is 17.8 Å². The lowest BCUT2D eigenvalue weighted by Gasteiger charge is -2.14. The van der Waals surface area contributed by atoms with Gasteiger partial charge in [0.1, 0.15) is 18.5 Å². The average Bonchev–Trinajstić information content (AvgIpc) is 3.51. The zero-order valence-corrected chi connectivity index (χ0v) is 19.4. The molecule has 0 aliphatic heterocycles. The number of benzene rings is 1. The molecule has 1 saturated carbocycles. The number of aliphatic imine (C=N–C) groups is 1. The number of nitrogens with zero attached hydrogens (tertiary/aromatic N) is 1. The van der Waals surface area contributed by atoms with Crippen LogP contribution in [0.1, 0.15) is 31.7 Å². The fraction of sp³-hybridized carbons (Fsp3) is 0.650. The van der Waals surface area contributed by atoms with Crippen LogP contribution in [0.25, 0.3) is 0 Å². The Morgan fingerprint density at radius 1 is 1.23 bits per heavy atom. The highest BCUT2D eigenvalue weighted by Gasteiger charge is 2.30. The first kappa shape index (κ1) is 26.8. The van der Waals surface area contributed by atoms with Crippen molar-refractivity contribution in [2.75, 3.05) is 39.5 Å². The fourth-order valence-corrected chi connectivity index (χ4v) is 2.44. The first-order chi connectivity index (χ1) is 13.9. The number of nitrogens with one attached hydrogen (secondary N) is 2. The monoisotopic (exact) mass is 545 g/mol. The SMILES string of the molecule is CCNC(=NCC(O)COc1ccc(C(F)(F)F)cc1)NCCCOCC1CC1.I. The molecule has 1 aliphatic carbocycles. The predicted octanol–water partition coefficient (Wildman–Crippen LogP) is 3.43. The van der Waals surface area contributed by atoms with Crippen LogP contribution in [0, 0.1) is 5.92 Å². The van der Waals surface area contributed by atoms with Crippen molar-refractivity contribution >= 4 is 29.9 Å². The molecule has 0 saturated heterocycles. The number of halogens is 4. The molecular formula is C20H31F3IN3O3. The number of guanidine groups is 1. The van der Waals surface area contributed by atoms with Crippen molar-refractivity contribution < 1.29 is 27.8 Å². The van der Waals surface area contributed by atoms with Crippen molar-refractivity contribution in [3.05, 3.63) is 29.8 Å². The van der Waals surface area contributed by atoms with Gasteiger partial charge < -0.3 is 25.2 Å². The van der Waals surface area contributed by atoms with E-state index in [0.29, 0.717) is 25.7 Å². The summed E-state index contributed by atoms with van der Waals surface area (Å²) < 4.78 is 48.5. The largest absolute Gasteiger partial charge is 0.491 e. The number of hydrogen-bond acceptors (Lipinski definition) is 4. The molecule has 0 bridgehead atoms. The highest BCUT2D eigenvalue weighted by atomic mass is 127. The van der Waals surface area contributed by atoms with Crippen LogP contribution in [-0.4, -0.2) is 56.6 Å². The van der Waals surface area contributed by atoms with Crippen molar-refractivity contribution in [3.8, 4) is 5.75 Å². The first-order valence-corrected chi connectivity index (χ1v) is 9.96. The maximum atomic E-state index is 12.5. The van der Waals surface area contributed by atoms with Crippen LogP contribution in [0.4, 0.5) is 13.2 Å². The van der Waals surface area contributed by atoms with E-state index in [9.17, 15) is 18.3 Å². The quantitative estimate of drug-likeness (QED) is 0.163. The van der Waals surface area contributed by atoms with Gasteiger partial charge in [0.15, 0.2) is 5.96 Å². The van der Waals surface area contributed by atoms with E-state index in [1.54, 1.807) is 0 Å². The van der Waals surface area contributed by atoms with Crippen LogP contribution in [0.2, 0.25) is 0 Å². The van der Waals surface area contributed by atoms with E-state index in [2.05, 4.69) is 15.6 Å². The lowest BCUT2D eigenvalue weighted by molar-refractivity contribution is -0.137. The molecule has 1 aromatic rings. The minimum atomic E-state index is -4.38. The minimum absolute atomic E-state index is 0. The lowest BCUT2D eigenvalue weighted by Crippen LogP contribution is -2.39. The predicted molar refractivity (Wildman–Crippen MR) is 121 cm³/mol. The Balaban J connectivity index is 0.00000450. The van der Waals surface area contributed by atoms with Crippen LogP contribution in [0.5, 0.6) is 5.75 Å². The van der Waals surface area contributed by atoms with Gasteiger partial charge in [-0.25, -0.2) is 0 Å². The normalized spacial score (nSPS) is 15.3. The molecule has 0 heterocycles. The molecule has 1 aromatic carbocycles. The van der Waals surface area contributed by atoms with Crippen LogP contribution < -0.4 is 15.4 Å². The smallest absolute Gasteiger partial charge is 0.416 e.